The third-order valence-electron chi connectivity index (χ3n) is 4.66. The highest BCUT2D eigenvalue weighted by Gasteiger charge is 2.31. The van der Waals surface area contributed by atoms with Gasteiger partial charge in [0.25, 0.3) is 5.91 Å². The van der Waals surface area contributed by atoms with Crippen LogP contribution in [-0.2, 0) is 4.79 Å². The van der Waals surface area contributed by atoms with Crippen LogP contribution in [0.15, 0.2) is 48.6 Å². The number of carbonyl (C=O) groups is 1. The van der Waals surface area contributed by atoms with E-state index in [1.807, 2.05) is 24.3 Å². The molecule has 0 radical (unpaired) electrons. The zero-order valence-electron chi connectivity index (χ0n) is 19.3. The van der Waals surface area contributed by atoms with Crippen molar-refractivity contribution >= 4 is 23.6 Å². The second kappa shape index (κ2) is 12.8. The van der Waals surface area contributed by atoms with E-state index in [1.54, 1.807) is 24.1 Å². The highest BCUT2D eigenvalue weighted by atomic mass is 32.2. The molecule has 8 heteroatoms. The first-order valence-corrected chi connectivity index (χ1v) is 11.1. The van der Waals surface area contributed by atoms with E-state index < -0.39 is 0 Å². The van der Waals surface area contributed by atoms with E-state index in [4.69, 9.17) is 23.1 Å². The van der Waals surface area contributed by atoms with Crippen LogP contribution < -0.4 is 28.0 Å². The summed E-state index contributed by atoms with van der Waals surface area (Å²) in [6, 6.07) is 11.2. The van der Waals surface area contributed by atoms with Crippen LogP contribution in [0.4, 0.5) is 5.69 Å². The lowest BCUT2D eigenvalue weighted by Gasteiger charge is -2.33. The topological polar surface area (TPSA) is 66.5 Å². The van der Waals surface area contributed by atoms with Crippen molar-refractivity contribution in [2.45, 2.75) is 19.8 Å². The standard InChI is InChI=1S/C13H15NO4.C11H16O2S/c1-8-7-14(13(8)15)9-5-10(16-2)12(18-4)11(6-9)17-3;1-3-4-9-14-13-11-8-6-5-7-10(11)12-2/h5-6H,1,7H2,2-4H3;5-8H,3-4,9H2,1-2H3. The maximum absolute atomic E-state index is 11.6. The lowest BCUT2D eigenvalue weighted by Crippen LogP contribution is -2.45. The zero-order chi connectivity index (χ0) is 23.5. The molecule has 0 saturated carbocycles. The first-order valence-electron chi connectivity index (χ1n) is 10.2. The van der Waals surface area contributed by atoms with Crippen LogP contribution in [0.25, 0.3) is 0 Å². The molecule has 1 aliphatic heterocycles. The third-order valence-corrected chi connectivity index (χ3v) is 5.41. The Hall–Kier alpha value is -3.00. The molecule has 2 aromatic rings. The van der Waals surface area contributed by atoms with Crippen LogP contribution in [0, 0.1) is 0 Å². The Kier molecular flexibility index (Phi) is 10.1. The predicted molar refractivity (Wildman–Crippen MR) is 129 cm³/mol. The Balaban J connectivity index is 0.000000235. The van der Waals surface area contributed by atoms with Gasteiger partial charge >= 0.3 is 0 Å². The minimum Gasteiger partial charge on any atom is -0.493 e. The number of benzene rings is 2. The quantitative estimate of drug-likeness (QED) is 0.210. The number of hydrogen-bond acceptors (Lipinski definition) is 7. The molecule has 1 fully saturated rings. The highest BCUT2D eigenvalue weighted by Crippen LogP contribution is 2.42. The van der Waals surface area contributed by atoms with E-state index in [-0.39, 0.29) is 5.91 Å². The third kappa shape index (κ3) is 6.26. The van der Waals surface area contributed by atoms with Crippen molar-refractivity contribution in [1.82, 2.24) is 0 Å². The second-order valence-electron chi connectivity index (χ2n) is 6.79. The molecule has 0 N–H and O–H groups in total. The van der Waals surface area contributed by atoms with Crippen LogP contribution in [0.2, 0.25) is 0 Å². The van der Waals surface area contributed by atoms with Gasteiger partial charge in [0.1, 0.15) is 0 Å². The van der Waals surface area contributed by atoms with E-state index in [0.717, 1.165) is 17.3 Å². The van der Waals surface area contributed by atoms with Gasteiger partial charge in [0.05, 0.1) is 52.7 Å². The van der Waals surface area contributed by atoms with Crippen LogP contribution >= 0.6 is 12.0 Å². The minimum atomic E-state index is -0.0794. The number of anilines is 1. The summed E-state index contributed by atoms with van der Waals surface area (Å²) in [6.45, 7) is 6.35. The number of hydrogen-bond donors (Lipinski definition) is 0. The Morgan fingerprint density at radius 3 is 2.00 bits per heavy atom. The van der Waals surface area contributed by atoms with Crippen molar-refractivity contribution in [3.05, 3.63) is 48.6 Å². The molecular weight excluding hydrogens is 430 g/mol. The van der Waals surface area contributed by atoms with E-state index in [1.165, 1.54) is 46.2 Å². The van der Waals surface area contributed by atoms with Gasteiger partial charge in [-0.25, -0.2) is 0 Å². The number of nitrogens with zero attached hydrogens (tertiary/aromatic N) is 1. The van der Waals surface area contributed by atoms with Gasteiger partial charge in [-0.2, -0.15) is 0 Å². The molecule has 0 atom stereocenters. The Morgan fingerprint density at radius 2 is 1.53 bits per heavy atom. The van der Waals surface area contributed by atoms with Crippen molar-refractivity contribution in [2.75, 3.05) is 45.6 Å². The van der Waals surface area contributed by atoms with Crippen LogP contribution in [0.3, 0.4) is 0 Å². The molecule has 7 nitrogen and oxygen atoms in total. The summed E-state index contributed by atoms with van der Waals surface area (Å²) in [5, 5.41) is 0. The first-order chi connectivity index (χ1) is 15.5. The number of amides is 1. The van der Waals surface area contributed by atoms with E-state index in [2.05, 4.69) is 13.5 Å². The lowest BCUT2D eigenvalue weighted by atomic mass is 10.1. The van der Waals surface area contributed by atoms with Crippen molar-refractivity contribution in [2.24, 2.45) is 0 Å². The van der Waals surface area contributed by atoms with Crippen LogP contribution in [0.1, 0.15) is 19.8 Å². The van der Waals surface area contributed by atoms with Gasteiger partial charge in [-0.05, 0) is 18.6 Å². The molecule has 0 spiro atoms. The monoisotopic (exact) mass is 461 g/mol. The second-order valence-corrected chi connectivity index (χ2v) is 7.60. The molecule has 3 rings (SSSR count). The fourth-order valence-corrected chi connectivity index (χ4v) is 3.61. The zero-order valence-corrected chi connectivity index (χ0v) is 20.1. The molecule has 0 unspecified atom stereocenters. The summed E-state index contributed by atoms with van der Waals surface area (Å²) in [6.07, 6.45) is 2.38. The molecular formula is C24H31NO6S. The molecule has 0 aromatic heterocycles. The summed E-state index contributed by atoms with van der Waals surface area (Å²) in [5.41, 5.74) is 1.31. The first kappa shape index (κ1) is 25.3. The largest absolute Gasteiger partial charge is 0.493 e. The number of β-lactam (4-membered cyclic amide) rings is 1. The summed E-state index contributed by atoms with van der Waals surface area (Å²) in [4.78, 5) is 13.2. The van der Waals surface area contributed by atoms with Gasteiger partial charge in [0, 0.05) is 23.5 Å². The minimum absolute atomic E-state index is 0.0794. The van der Waals surface area contributed by atoms with Crippen LogP contribution in [-0.4, -0.2) is 46.6 Å². The summed E-state index contributed by atoms with van der Waals surface area (Å²) < 4.78 is 26.4. The van der Waals surface area contributed by atoms with Gasteiger partial charge in [-0.3, -0.25) is 4.79 Å². The van der Waals surface area contributed by atoms with Crippen molar-refractivity contribution < 1.29 is 27.9 Å². The molecule has 1 heterocycles. The lowest BCUT2D eigenvalue weighted by molar-refractivity contribution is -0.117. The maximum Gasteiger partial charge on any atom is 0.255 e. The van der Waals surface area contributed by atoms with Gasteiger partial charge in [0.15, 0.2) is 23.0 Å². The smallest absolute Gasteiger partial charge is 0.255 e. The number of methoxy groups -OCH3 is 4. The van der Waals surface area contributed by atoms with Crippen LogP contribution in [0.5, 0.6) is 28.7 Å². The molecule has 0 bridgehead atoms. The van der Waals surface area contributed by atoms with Crippen molar-refractivity contribution in [3.8, 4) is 28.7 Å². The fraction of sp³-hybridized carbons (Fsp3) is 0.375. The predicted octanol–water partition coefficient (Wildman–Crippen LogP) is 5.14. The van der Waals surface area contributed by atoms with Gasteiger partial charge in [0.2, 0.25) is 5.75 Å². The van der Waals surface area contributed by atoms with Gasteiger partial charge in [-0.15, -0.1) is 0 Å². The van der Waals surface area contributed by atoms with E-state index >= 15 is 0 Å². The SMILES string of the molecule is C=C1CN(c2cc(OC)c(OC)c(OC)c2)C1=O.CCCCSOc1ccccc1OC. The number of ether oxygens (including phenoxy) is 4. The molecule has 1 saturated heterocycles. The molecule has 174 valence electrons. The Bertz CT molecular complexity index is 892. The average Bonchev–Trinajstić information content (AvgIpc) is 2.84. The van der Waals surface area contributed by atoms with E-state index in [9.17, 15) is 4.79 Å². The number of unbranched alkanes of at least 4 members (excludes halogenated alkanes) is 1. The normalized spacial score (nSPS) is 12.3. The number of rotatable bonds is 10. The van der Waals surface area contributed by atoms with Gasteiger partial charge < -0.3 is 28.0 Å². The van der Waals surface area contributed by atoms with Gasteiger partial charge in [-0.1, -0.05) is 32.1 Å². The Morgan fingerprint density at radius 1 is 0.938 bits per heavy atom. The number of carbonyl (C=O) groups excluding carboxylic acids is 1. The summed E-state index contributed by atoms with van der Waals surface area (Å²) >= 11 is 1.48. The van der Waals surface area contributed by atoms with E-state index in [0.29, 0.717) is 35.1 Å². The summed E-state index contributed by atoms with van der Waals surface area (Å²) in [7, 11) is 6.27. The molecule has 1 aliphatic rings. The Labute approximate surface area is 194 Å². The molecule has 0 aliphatic carbocycles. The molecule has 2 aromatic carbocycles. The highest BCUT2D eigenvalue weighted by molar-refractivity contribution is 7.95. The fourth-order valence-electron chi connectivity index (χ4n) is 2.86. The van der Waals surface area contributed by atoms with Crippen molar-refractivity contribution in [1.29, 1.82) is 0 Å². The number of para-hydroxylation sites is 2. The average molecular weight is 462 g/mol. The molecule has 1 amide bonds. The van der Waals surface area contributed by atoms with Crippen molar-refractivity contribution in [3.63, 3.8) is 0 Å². The summed E-state index contributed by atoms with van der Waals surface area (Å²) in [5.74, 6) is 4.09. The maximum atomic E-state index is 11.6. The molecule has 32 heavy (non-hydrogen) atoms.